The highest BCUT2D eigenvalue weighted by Crippen LogP contribution is 2.28. The molecule has 1 fully saturated rings. The lowest BCUT2D eigenvalue weighted by Gasteiger charge is -2.33. The van der Waals surface area contributed by atoms with E-state index in [1.807, 2.05) is 0 Å². The summed E-state index contributed by atoms with van der Waals surface area (Å²) in [7, 11) is 1.59. The first-order chi connectivity index (χ1) is 8.76. The van der Waals surface area contributed by atoms with Gasteiger partial charge in [-0.05, 0) is 18.2 Å². The second-order valence-electron chi connectivity index (χ2n) is 4.35. The molecule has 0 aliphatic carbocycles. The van der Waals surface area contributed by atoms with Crippen LogP contribution in [0.4, 0.5) is 4.39 Å². The topological polar surface area (TPSA) is 24.5 Å². The second-order valence-corrected chi connectivity index (χ2v) is 4.35. The Balaban J connectivity index is 0.00000180. The number of hydrogen-bond acceptors (Lipinski definition) is 3. The molecule has 2 rings (SSSR count). The van der Waals surface area contributed by atoms with Gasteiger partial charge in [0.2, 0.25) is 0 Å². The molecule has 1 atom stereocenters. The number of nitrogens with zero attached hydrogens (tertiary/aromatic N) is 1. The van der Waals surface area contributed by atoms with Crippen LogP contribution < -0.4 is 10.1 Å². The summed E-state index contributed by atoms with van der Waals surface area (Å²) in [5.41, 5.74) is 0.631. The van der Waals surface area contributed by atoms with Crippen LogP contribution in [0.2, 0.25) is 0 Å². The Morgan fingerprint density at radius 2 is 2.11 bits per heavy atom. The lowest BCUT2D eigenvalue weighted by atomic mass is 10.0. The molecule has 1 aromatic carbocycles. The lowest BCUT2D eigenvalue weighted by Crippen LogP contribution is -2.44. The smallest absolute Gasteiger partial charge is 0.128 e. The Labute approximate surface area is 119 Å². The third kappa shape index (κ3) is 3.69. The SMILES string of the molecule is C=C[C@H](c1cc(OC)ccc1F)N1CCNCC1.Cl. The van der Waals surface area contributed by atoms with E-state index < -0.39 is 0 Å². The molecule has 106 valence electrons. The van der Waals surface area contributed by atoms with Crippen molar-refractivity contribution in [3.63, 3.8) is 0 Å². The minimum atomic E-state index is -0.209. The predicted molar refractivity (Wildman–Crippen MR) is 77.6 cm³/mol. The van der Waals surface area contributed by atoms with Crippen LogP contribution in [-0.2, 0) is 0 Å². The van der Waals surface area contributed by atoms with Gasteiger partial charge in [-0.2, -0.15) is 0 Å². The molecule has 1 N–H and O–H groups in total. The van der Waals surface area contributed by atoms with E-state index in [4.69, 9.17) is 4.74 Å². The maximum absolute atomic E-state index is 14.0. The highest BCUT2D eigenvalue weighted by Gasteiger charge is 2.22. The summed E-state index contributed by atoms with van der Waals surface area (Å²) in [6, 6.07) is 4.75. The molecule has 5 heteroatoms. The highest BCUT2D eigenvalue weighted by atomic mass is 35.5. The van der Waals surface area contributed by atoms with E-state index in [9.17, 15) is 4.39 Å². The zero-order valence-corrected chi connectivity index (χ0v) is 11.9. The number of piperazine rings is 1. The molecule has 1 aliphatic heterocycles. The number of methoxy groups -OCH3 is 1. The van der Waals surface area contributed by atoms with Crippen molar-refractivity contribution in [1.29, 1.82) is 0 Å². The van der Waals surface area contributed by atoms with E-state index in [0.29, 0.717) is 11.3 Å². The summed E-state index contributed by atoms with van der Waals surface area (Å²) in [6.07, 6.45) is 1.79. The summed E-state index contributed by atoms with van der Waals surface area (Å²) in [6.45, 7) is 7.49. The normalized spacial score (nSPS) is 17.4. The minimum Gasteiger partial charge on any atom is -0.497 e. The Morgan fingerprint density at radius 1 is 1.42 bits per heavy atom. The van der Waals surface area contributed by atoms with Crippen LogP contribution in [0.5, 0.6) is 5.75 Å². The largest absolute Gasteiger partial charge is 0.497 e. The average Bonchev–Trinajstić information content (AvgIpc) is 2.43. The summed E-state index contributed by atoms with van der Waals surface area (Å²) >= 11 is 0. The van der Waals surface area contributed by atoms with Crippen molar-refractivity contribution in [3.8, 4) is 5.75 Å². The summed E-state index contributed by atoms with van der Waals surface area (Å²) in [5.74, 6) is 0.465. The van der Waals surface area contributed by atoms with Gasteiger partial charge in [0.15, 0.2) is 0 Å². The van der Waals surface area contributed by atoms with E-state index in [1.165, 1.54) is 6.07 Å². The van der Waals surface area contributed by atoms with Gasteiger partial charge in [-0.15, -0.1) is 19.0 Å². The third-order valence-electron chi connectivity index (χ3n) is 3.29. The maximum Gasteiger partial charge on any atom is 0.128 e. The molecule has 0 saturated carbocycles. The van der Waals surface area contributed by atoms with Crippen molar-refractivity contribution in [2.45, 2.75) is 6.04 Å². The zero-order valence-electron chi connectivity index (χ0n) is 11.1. The molecule has 3 nitrogen and oxygen atoms in total. The van der Waals surface area contributed by atoms with Gasteiger partial charge in [0, 0.05) is 31.7 Å². The average molecular weight is 287 g/mol. The summed E-state index contributed by atoms with van der Waals surface area (Å²) in [5, 5.41) is 3.29. The monoisotopic (exact) mass is 286 g/mol. The highest BCUT2D eigenvalue weighted by molar-refractivity contribution is 5.85. The number of halogens is 2. The number of ether oxygens (including phenoxy) is 1. The van der Waals surface area contributed by atoms with Crippen molar-refractivity contribution in [3.05, 3.63) is 42.2 Å². The van der Waals surface area contributed by atoms with Gasteiger partial charge in [-0.1, -0.05) is 6.08 Å². The van der Waals surface area contributed by atoms with Gasteiger partial charge >= 0.3 is 0 Å². The van der Waals surface area contributed by atoms with E-state index >= 15 is 0 Å². The van der Waals surface area contributed by atoms with Crippen LogP contribution in [0.15, 0.2) is 30.9 Å². The molecule has 0 radical (unpaired) electrons. The Hall–Kier alpha value is -1.10. The van der Waals surface area contributed by atoms with Gasteiger partial charge in [-0.3, -0.25) is 4.90 Å². The van der Waals surface area contributed by atoms with Gasteiger partial charge in [0.25, 0.3) is 0 Å². The van der Waals surface area contributed by atoms with Gasteiger partial charge in [0.05, 0.1) is 13.2 Å². The Morgan fingerprint density at radius 3 is 2.68 bits per heavy atom. The van der Waals surface area contributed by atoms with Gasteiger partial charge in [0.1, 0.15) is 11.6 Å². The van der Waals surface area contributed by atoms with Crippen molar-refractivity contribution in [2.75, 3.05) is 33.3 Å². The van der Waals surface area contributed by atoms with Gasteiger partial charge < -0.3 is 10.1 Å². The van der Waals surface area contributed by atoms with Gasteiger partial charge in [-0.25, -0.2) is 4.39 Å². The van der Waals surface area contributed by atoms with Crippen molar-refractivity contribution in [1.82, 2.24) is 10.2 Å². The quantitative estimate of drug-likeness (QED) is 0.860. The Bertz CT molecular complexity index is 422. The molecule has 0 amide bonds. The fourth-order valence-corrected chi connectivity index (χ4v) is 2.31. The van der Waals surface area contributed by atoms with Crippen molar-refractivity contribution in [2.24, 2.45) is 0 Å². The first-order valence-corrected chi connectivity index (χ1v) is 6.17. The number of nitrogens with one attached hydrogen (secondary N) is 1. The van der Waals surface area contributed by atoms with Crippen molar-refractivity contribution < 1.29 is 9.13 Å². The minimum absolute atomic E-state index is 0. The second kappa shape index (κ2) is 7.48. The first-order valence-electron chi connectivity index (χ1n) is 6.17. The van der Waals surface area contributed by atoms with E-state index in [2.05, 4.69) is 16.8 Å². The molecule has 1 aliphatic rings. The van der Waals surface area contributed by atoms with Crippen LogP contribution in [0.25, 0.3) is 0 Å². The molecule has 1 aromatic rings. The molecule has 19 heavy (non-hydrogen) atoms. The fourth-order valence-electron chi connectivity index (χ4n) is 2.31. The summed E-state index contributed by atoms with van der Waals surface area (Å²) < 4.78 is 19.1. The maximum atomic E-state index is 14.0. The molecular formula is C14H20ClFN2O. The number of rotatable bonds is 4. The van der Waals surface area contributed by atoms with Crippen LogP contribution in [0, 0.1) is 5.82 Å². The van der Waals surface area contributed by atoms with E-state index in [1.54, 1.807) is 25.3 Å². The Kier molecular flexibility index (Phi) is 6.28. The molecular weight excluding hydrogens is 267 g/mol. The molecule has 0 spiro atoms. The molecule has 0 aromatic heterocycles. The van der Waals surface area contributed by atoms with E-state index in [-0.39, 0.29) is 24.3 Å². The third-order valence-corrected chi connectivity index (χ3v) is 3.29. The van der Waals surface area contributed by atoms with E-state index in [0.717, 1.165) is 26.2 Å². The van der Waals surface area contributed by atoms with Crippen LogP contribution in [0.1, 0.15) is 11.6 Å². The first kappa shape index (κ1) is 16.0. The van der Waals surface area contributed by atoms with Crippen LogP contribution in [0.3, 0.4) is 0 Å². The molecule has 1 saturated heterocycles. The zero-order chi connectivity index (χ0) is 13.0. The van der Waals surface area contributed by atoms with Crippen LogP contribution >= 0.6 is 12.4 Å². The number of benzene rings is 1. The molecule has 1 heterocycles. The van der Waals surface area contributed by atoms with Crippen LogP contribution in [-0.4, -0.2) is 38.2 Å². The predicted octanol–water partition coefficient (Wildman–Crippen LogP) is 2.39. The van der Waals surface area contributed by atoms with Crippen molar-refractivity contribution >= 4 is 12.4 Å². The number of hydrogen-bond donors (Lipinski definition) is 1. The standard InChI is InChI=1S/C14H19FN2O.ClH/c1-3-14(17-8-6-16-7-9-17)12-10-11(18-2)4-5-13(12)15;/h3-5,10,14,16H,1,6-9H2,2H3;1H/t14-;/m1./s1. The fraction of sp³-hybridized carbons (Fsp3) is 0.429. The lowest BCUT2D eigenvalue weighted by molar-refractivity contribution is 0.200. The molecule has 0 bridgehead atoms. The molecule has 0 unspecified atom stereocenters. The summed E-state index contributed by atoms with van der Waals surface area (Å²) in [4.78, 5) is 2.22.